The van der Waals surface area contributed by atoms with Crippen LogP contribution in [-0.4, -0.2) is 87.6 Å². The molecule has 1 fully saturated rings. The first-order valence-corrected chi connectivity index (χ1v) is 11.1. The number of sulfone groups is 1. The van der Waals surface area contributed by atoms with Crippen LogP contribution in [0.2, 0.25) is 0 Å². The summed E-state index contributed by atoms with van der Waals surface area (Å²) < 4.78 is 56.2. The van der Waals surface area contributed by atoms with Gasteiger partial charge in [0.15, 0.2) is 33.6 Å². The number of hydrogen-bond donors (Lipinski definition) is 0. The van der Waals surface area contributed by atoms with Gasteiger partial charge in [-0.1, -0.05) is 0 Å². The number of methoxy groups -OCH3 is 1. The third-order valence-corrected chi connectivity index (χ3v) is 5.98. The van der Waals surface area contributed by atoms with E-state index < -0.39 is 88.3 Å². The van der Waals surface area contributed by atoms with E-state index in [0.29, 0.717) is 0 Å². The quantitative estimate of drug-likeness (QED) is 0.291. The number of carbonyl (C=O) groups is 5. The molecule has 0 aromatic rings. The Balaban J connectivity index is 3.47. The van der Waals surface area contributed by atoms with Gasteiger partial charge in [-0.15, -0.1) is 0 Å². The number of rotatable bonds is 9. The molecular weight excluding hydrogens is 456 g/mol. The van der Waals surface area contributed by atoms with Crippen LogP contribution in [0.1, 0.15) is 34.1 Å². The van der Waals surface area contributed by atoms with Crippen molar-refractivity contribution in [1.82, 2.24) is 0 Å². The highest BCUT2D eigenvalue weighted by Gasteiger charge is 2.56. The molecular formula is C18H26O13S. The highest BCUT2D eigenvalue weighted by Crippen LogP contribution is 2.32. The summed E-state index contributed by atoms with van der Waals surface area (Å²) in [6.45, 7) is 3.54. The number of ether oxygens (including phenoxy) is 6. The van der Waals surface area contributed by atoms with Gasteiger partial charge in [0, 0.05) is 27.7 Å². The Labute approximate surface area is 184 Å². The van der Waals surface area contributed by atoms with E-state index in [1.54, 1.807) is 0 Å². The van der Waals surface area contributed by atoms with Crippen molar-refractivity contribution in [2.45, 2.75) is 64.0 Å². The molecule has 0 radical (unpaired) electrons. The second-order valence-corrected chi connectivity index (χ2v) is 8.96. The van der Waals surface area contributed by atoms with Crippen molar-refractivity contribution in [2.24, 2.45) is 0 Å². The summed E-state index contributed by atoms with van der Waals surface area (Å²) in [6.07, 6.45) is -6.79. The second-order valence-electron chi connectivity index (χ2n) is 6.76. The van der Waals surface area contributed by atoms with Gasteiger partial charge in [-0.3, -0.25) is 24.0 Å². The van der Waals surface area contributed by atoms with Gasteiger partial charge in [0.2, 0.25) is 0 Å². The van der Waals surface area contributed by atoms with Crippen molar-refractivity contribution in [3.05, 3.63) is 0 Å². The lowest BCUT2D eigenvalue weighted by atomic mass is 9.99. The minimum Gasteiger partial charge on any atom is -0.469 e. The lowest BCUT2D eigenvalue weighted by molar-refractivity contribution is -0.238. The molecule has 13 nitrogen and oxygen atoms in total. The van der Waals surface area contributed by atoms with Gasteiger partial charge in [-0.05, 0) is 0 Å². The van der Waals surface area contributed by atoms with Crippen molar-refractivity contribution in [3.63, 3.8) is 0 Å². The van der Waals surface area contributed by atoms with E-state index in [1.165, 1.54) is 0 Å². The molecule has 1 aliphatic heterocycles. The standard InChI is InChI=1S/C18H26O13S/c1-9(19)27-8-13-15(28-10(2)20)16(29-11(3)21)17(30-12(4)22)18(31-13)32(24,25)7-6-14(23)26-5/h13,15-18H,6-8H2,1-5H3/t13-,15-,16+,17-,18+/m1/s1. The van der Waals surface area contributed by atoms with E-state index in [4.69, 9.17) is 23.7 Å². The van der Waals surface area contributed by atoms with Crippen LogP contribution in [0.15, 0.2) is 0 Å². The smallest absolute Gasteiger partial charge is 0.306 e. The third-order valence-electron chi connectivity index (χ3n) is 4.12. The van der Waals surface area contributed by atoms with Crippen molar-refractivity contribution >= 4 is 39.7 Å². The second kappa shape index (κ2) is 11.8. The zero-order valence-electron chi connectivity index (χ0n) is 18.2. The first kappa shape index (κ1) is 27.3. The van der Waals surface area contributed by atoms with Crippen molar-refractivity contribution < 1.29 is 60.8 Å². The summed E-state index contributed by atoms with van der Waals surface area (Å²) in [5.74, 6) is -5.01. The first-order chi connectivity index (χ1) is 14.8. The van der Waals surface area contributed by atoms with Gasteiger partial charge in [0.05, 0.1) is 19.3 Å². The summed E-state index contributed by atoms with van der Waals surface area (Å²) in [5, 5.41) is 0. The lowest BCUT2D eigenvalue weighted by Crippen LogP contribution is -2.64. The molecule has 0 aliphatic carbocycles. The van der Waals surface area contributed by atoms with Gasteiger partial charge < -0.3 is 28.4 Å². The van der Waals surface area contributed by atoms with Crippen LogP contribution in [0.4, 0.5) is 0 Å². The van der Waals surface area contributed by atoms with E-state index in [2.05, 4.69) is 4.74 Å². The van der Waals surface area contributed by atoms with Crippen LogP contribution >= 0.6 is 0 Å². The Morgan fingerprint density at radius 1 is 0.781 bits per heavy atom. The van der Waals surface area contributed by atoms with Crippen LogP contribution in [0.3, 0.4) is 0 Å². The molecule has 0 aromatic heterocycles. The fourth-order valence-electron chi connectivity index (χ4n) is 2.92. The molecule has 182 valence electrons. The number of esters is 5. The predicted molar refractivity (Wildman–Crippen MR) is 102 cm³/mol. The largest absolute Gasteiger partial charge is 0.469 e. The Kier molecular flexibility index (Phi) is 10.0. The van der Waals surface area contributed by atoms with Crippen LogP contribution in [-0.2, 0) is 62.2 Å². The maximum Gasteiger partial charge on any atom is 0.306 e. The highest BCUT2D eigenvalue weighted by atomic mass is 32.2. The zero-order valence-corrected chi connectivity index (χ0v) is 19.0. The molecule has 14 heteroatoms. The van der Waals surface area contributed by atoms with Crippen molar-refractivity contribution in [3.8, 4) is 0 Å². The highest BCUT2D eigenvalue weighted by molar-refractivity contribution is 7.91. The first-order valence-electron chi connectivity index (χ1n) is 9.37. The summed E-state index contributed by atoms with van der Waals surface area (Å²) in [4.78, 5) is 57.7. The van der Waals surface area contributed by atoms with Crippen LogP contribution in [0, 0.1) is 0 Å². The average molecular weight is 482 g/mol. The fraction of sp³-hybridized carbons (Fsp3) is 0.722. The topological polar surface area (TPSA) is 175 Å². The Morgan fingerprint density at radius 3 is 1.75 bits per heavy atom. The van der Waals surface area contributed by atoms with Crippen LogP contribution in [0.25, 0.3) is 0 Å². The summed E-state index contributed by atoms with van der Waals surface area (Å²) in [7, 11) is -3.28. The summed E-state index contributed by atoms with van der Waals surface area (Å²) in [6, 6.07) is 0. The maximum absolute atomic E-state index is 13.0. The van der Waals surface area contributed by atoms with E-state index in [9.17, 15) is 32.4 Å². The van der Waals surface area contributed by atoms with Gasteiger partial charge in [-0.2, -0.15) is 0 Å². The Hall–Kier alpha value is -2.74. The van der Waals surface area contributed by atoms with Crippen molar-refractivity contribution in [1.29, 1.82) is 0 Å². The van der Waals surface area contributed by atoms with Gasteiger partial charge in [-0.25, -0.2) is 8.42 Å². The average Bonchev–Trinajstić information content (AvgIpc) is 2.66. The molecule has 0 aromatic carbocycles. The molecule has 1 rings (SSSR count). The lowest BCUT2D eigenvalue weighted by Gasteiger charge is -2.43. The minimum absolute atomic E-state index is 0.536. The predicted octanol–water partition coefficient (Wildman–Crippen LogP) is -0.953. The maximum atomic E-state index is 13.0. The normalized spacial score (nSPS) is 25.2. The molecule has 1 heterocycles. The molecule has 1 aliphatic rings. The molecule has 0 amide bonds. The van der Waals surface area contributed by atoms with Gasteiger partial charge >= 0.3 is 29.8 Å². The van der Waals surface area contributed by atoms with Crippen molar-refractivity contribution in [2.75, 3.05) is 19.5 Å². The summed E-state index contributed by atoms with van der Waals surface area (Å²) >= 11 is 0. The van der Waals surface area contributed by atoms with Crippen LogP contribution in [0.5, 0.6) is 0 Å². The molecule has 0 saturated carbocycles. The zero-order chi connectivity index (χ0) is 24.6. The van der Waals surface area contributed by atoms with E-state index in [-0.39, 0.29) is 0 Å². The van der Waals surface area contributed by atoms with Gasteiger partial charge in [0.1, 0.15) is 12.7 Å². The monoisotopic (exact) mass is 482 g/mol. The summed E-state index contributed by atoms with van der Waals surface area (Å²) in [5.41, 5.74) is -1.94. The van der Waals surface area contributed by atoms with E-state index in [0.717, 1.165) is 34.8 Å². The number of hydrogen-bond acceptors (Lipinski definition) is 13. The molecule has 0 unspecified atom stereocenters. The number of carbonyl (C=O) groups excluding carboxylic acids is 5. The SMILES string of the molecule is COC(=O)CCS(=O)(=O)[C@@H]1O[C@H](COC(C)=O)[C@@H](OC(C)=O)[C@H](OC(C)=O)[C@H]1OC(C)=O. The Morgan fingerprint density at radius 2 is 1.28 bits per heavy atom. The minimum atomic E-state index is -4.35. The van der Waals surface area contributed by atoms with Crippen LogP contribution < -0.4 is 0 Å². The Bertz CT molecular complexity index is 834. The van der Waals surface area contributed by atoms with E-state index >= 15 is 0 Å². The molecule has 0 N–H and O–H groups in total. The molecule has 5 atom stereocenters. The van der Waals surface area contributed by atoms with Gasteiger partial charge in [0.25, 0.3) is 0 Å². The van der Waals surface area contributed by atoms with E-state index in [1.807, 2.05) is 0 Å². The molecule has 1 saturated heterocycles. The molecule has 0 bridgehead atoms. The molecule has 0 spiro atoms. The molecule has 32 heavy (non-hydrogen) atoms. The third kappa shape index (κ3) is 8.07. The fourth-order valence-corrected chi connectivity index (χ4v) is 4.54.